The second kappa shape index (κ2) is 12.5. The summed E-state index contributed by atoms with van der Waals surface area (Å²) in [5.41, 5.74) is 1.60. The average molecular weight is 309 g/mol. The second-order valence-electron chi connectivity index (χ2n) is 6.17. The highest BCUT2D eigenvalue weighted by Crippen LogP contribution is 2.19. The Morgan fingerprint density at radius 2 is 2.14 bits per heavy atom. The average Bonchev–Trinajstić information content (AvgIpc) is 2.54. The van der Waals surface area contributed by atoms with Crippen molar-refractivity contribution in [3.05, 3.63) is 11.6 Å². The van der Waals surface area contributed by atoms with Crippen molar-refractivity contribution in [1.29, 1.82) is 0 Å². The van der Waals surface area contributed by atoms with Gasteiger partial charge in [-0.05, 0) is 57.8 Å². The minimum absolute atomic E-state index is 0.262. The first-order valence-corrected chi connectivity index (χ1v) is 9.11. The molecule has 0 amide bonds. The van der Waals surface area contributed by atoms with Crippen LogP contribution in [0.1, 0.15) is 65.2 Å². The maximum atomic E-state index is 9.13. The number of aliphatic hydroxyl groups is 1. The summed E-state index contributed by atoms with van der Waals surface area (Å²) in [7, 11) is 0. The number of guanidine groups is 1. The Morgan fingerprint density at radius 1 is 1.27 bits per heavy atom. The van der Waals surface area contributed by atoms with Crippen LogP contribution < -0.4 is 10.6 Å². The highest BCUT2D eigenvalue weighted by atomic mass is 16.3. The van der Waals surface area contributed by atoms with Gasteiger partial charge in [-0.3, -0.25) is 4.99 Å². The number of rotatable bonds is 10. The fourth-order valence-electron chi connectivity index (χ4n) is 2.95. The Kier molecular flexibility index (Phi) is 10.8. The third-order valence-electron chi connectivity index (χ3n) is 4.21. The van der Waals surface area contributed by atoms with E-state index in [1.54, 1.807) is 5.57 Å². The number of aliphatic hydroxyl groups excluding tert-OH is 1. The highest BCUT2D eigenvalue weighted by molar-refractivity contribution is 5.79. The highest BCUT2D eigenvalue weighted by Gasteiger charge is 2.08. The summed E-state index contributed by atoms with van der Waals surface area (Å²) in [5, 5.41) is 15.9. The van der Waals surface area contributed by atoms with E-state index in [0.717, 1.165) is 51.3 Å². The number of hydrogen-bond donors (Lipinski definition) is 3. The molecule has 3 N–H and O–H groups in total. The standard InChI is InChI=1S/C18H35N3O/c1-3-8-17(12-14-22)15-21-18(19-4-2)20-13-11-16-9-6-5-7-10-16/h9,17,22H,3-8,10-15H2,1-2H3,(H2,19,20,21). The van der Waals surface area contributed by atoms with Gasteiger partial charge in [-0.1, -0.05) is 25.0 Å². The minimum atomic E-state index is 0.262. The van der Waals surface area contributed by atoms with Gasteiger partial charge in [-0.25, -0.2) is 0 Å². The monoisotopic (exact) mass is 309 g/mol. The van der Waals surface area contributed by atoms with Crippen molar-refractivity contribution in [2.45, 2.75) is 65.2 Å². The summed E-state index contributed by atoms with van der Waals surface area (Å²) in [5.74, 6) is 1.41. The summed E-state index contributed by atoms with van der Waals surface area (Å²) in [6.45, 7) is 7.18. The zero-order chi connectivity index (χ0) is 16.0. The van der Waals surface area contributed by atoms with Gasteiger partial charge in [0.25, 0.3) is 0 Å². The van der Waals surface area contributed by atoms with Crippen LogP contribution in [0.15, 0.2) is 16.6 Å². The maximum absolute atomic E-state index is 9.13. The minimum Gasteiger partial charge on any atom is -0.396 e. The Labute approximate surface area is 136 Å². The molecule has 4 heteroatoms. The molecule has 0 aromatic carbocycles. The normalized spacial score (nSPS) is 17.0. The van der Waals surface area contributed by atoms with Crippen LogP contribution in [0.3, 0.4) is 0 Å². The molecule has 0 fully saturated rings. The van der Waals surface area contributed by atoms with Crippen LogP contribution in [0.2, 0.25) is 0 Å². The van der Waals surface area contributed by atoms with Crippen molar-refractivity contribution < 1.29 is 5.11 Å². The van der Waals surface area contributed by atoms with Gasteiger partial charge in [-0.2, -0.15) is 0 Å². The van der Waals surface area contributed by atoms with E-state index in [-0.39, 0.29) is 6.61 Å². The molecule has 0 spiro atoms. The van der Waals surface area contributed by atoms with Crippen molar-refractivity contribution in [1.82, 2.24) is 10.6 Å². The number of aliphatic imine (C=N–C) groups is 1. The fourth-order valence-corrected chi connectivity index (χ4v) is 2.95. The topological polar surface area (TPSA) is 56.7 Å². The molecule has 0 heterocycles. The van der Waals surface area contributed by atoms with E-state index in [9.17, 15) is 0 Å². The van der Waals surface area contributed by atoms with Crippen molar-refractivity contribution in [3.8, 4) is 0 Å². The van der Waals surface area contributed by atoms with Gasteiger partial charge in [0, 0.05) is 26.2 Å². The lowest BCUT2D eigenvalue weighted by molar-refractivity contribution is 0.253. The molecule has 0 aliphatic heterocycles. The number of allylic oxidation sites excluding steroid dienone is 1. The van der Waals surface area contributed by atoms with E-state index >= 15 is 0 Å². The summed E-state index contributed by atoms with van der Waals surface area (Å²) < 4.78 is 0. The van der Waals surface area contributed by atoms with Crippen LogP contribution in [-0.4, -0.2) is 37.3 Å². The molecule has 0 aromatic rings. The lowest BCUT2D eigenvalue weighted by atomic mass is 9.97. The molecular formula is C18H35N3O. The van der Waals surface area contributed by atoms with Crippen molar-refractivity contribution in [2.24, 2.45) is 10.9 Å². The van der Waals surface area contributed by atoms with Gasteiger partial charge in [0.1, 0.15) is 0 Å². The molecule has 1 rings (SSSR count). The van der Waals surface area contributed by atoms with Gasteiger partial charge >= 0.3 is 0 Å². The first-order valence-electron chi connectivity index (χ1n) is 9.11. The van der Waals surface area contributed by atoms with E-state index in [4.69, 9.17) is 10.1 Å². The fraction of sp³-hybridized carbons (Fsp3) is 0.833. The third kappa shape index (κ3) is 8.42. The zero-order valence-electron chi connectivity index (χ0n) is 14.5. The molecule has 0 radical (unpaired) electrons. The molecule has 0 aromatic heterocycles. The first kappa shape index (κ1) is 19.0. The third-order valence-corrected chi connectivity index (χ3v) is 4.21. The van der Waals surface area contributed by atoms with Crippen molar-refractivity contribution in [3.63, 3.8) is 0 Å². The van der Waals surface area contributed by atoms with Crippen LogP contribution >= 0.6 is 0 Å². The van der Waals surface area contributed by atoms with Gasteiger partial charge in [0.05, 0.1) is 0 Å². The van der Waals surface area contributed by atoms with E-state index in [2.05, 4.69) is 30.6 Å². The van der Waals surface area contributed by atoms with Crippen LogP contribution in [0.4, 0.5) is 0 Å². The molecule has 0 bridgehead atoms. The lowest BCUT2D eigenvalue weighted by Gasteiger charge is -2.16. The molecular weight excluding hydrogens is 274 g/mol. The number of hydrogen-bond acceptors (Lipinski definition) is 2. The van der Waals surface area contributed by atoms with Crippen LogP contribution in [0.25, 0.3) is 0 Å². The summed E-state index contributed by atoms with van der Waals surface area (Å²) in [6, 6.07) is 0. The Hall–Kier alpha value is -1.03. The number of nitrogens with one attached hydrogen (secondary N) is 2. The predicted octanol–water partition coefficient (Wildman–Crippen LogP) is 3.23. The predicted molar refractivity (Wildman–Crippen MR) is 95.3 cm³/mol. The largest absolute Gasteiger partial charge is 0.396 e. The summed E-state index contributed by atoms with van der Waals surface area (Å²) >= 11 is 0. The molecule has 0 saturated heterocycles. The Balaban J connectivity index is 2.38. The molecule has 22 heavy (non-hydrogen) atoms. The molecule has 1 aliphatic rings. The number of nitrogens with zero attached hydrogens (tertiary/aromatic N) is 1. The van der Waals surface area contributed by atoms with E-state index in [0.29, 0.717) is 5.92 Å². The van der Waals surface area contributed by atoms with E-state index in [1.807, 2.05) is 0 Å². The molecule has 1 aliphatic carbocycles. The van der Waals surface area contributed by atoms with Gasteiger partial charge < -0.3 is 15.7 Å². The molecule has 1 atom stereocenters. The van der Waals surface area contributed by atoms with Gasteiger partial charge in [0.15, 0.2) is 5.96 Å². The zero-order valence-corrected chi connectivity index (χ0v) is 14.5. The quantitative estimate of drug-likeness (QED) is 0.330. The lowest BCUT2D eigenvalue weighted by Crippen LogP contribution is -2.38. The Morgan fingerprint density at radius 3 is 2.77 bits per heavy atom. The Bertz CT molecular complexity index is 333. The molecule has 4 nitrogen and oxygen atoms in total. The van der Waals surface area contributed by atoms with E-state index < -0.39 is 0 Å². The summed E-state index contributed by atoms with van der Waals surface area (Å²) in [4.78, 5) is 4.70. The molecule has 1 unspecified atom stereocenters. The van der Waals surface area contributed by atoms with Crippen molar-refractivity contribution >= 4 is 5.96 Å². The first-order chi connectivity index (χ1) is 10.8. The van der Waals surface area contributed by atoms with Crippen molar-refractivity contribution in [2.75, 3.05) is 26.2 Å². The SMILES string of the molecule is CCCC(CCO)CN=C(NCC)NCCC1=CCCCC1. The van der Waals surface area contributed by atoms with Gasteiger partial charge in [0.2, 0.25) is 0 Å². The summed E-state index contributed by atoms with van der Waals surface area (Å²) in [6.07, 6.45) is 11.9. The smallest absolute Gasteiger partial charge is 0.191 e. The van der Waals surface area contributed by atoms with Crippen LogP contribution in [-0.2, 0) is 0 Å². The van der Waals surface area contributed by atoms with E-state index in [1.165, 1.54) is 25.7 Å². The molecule has 128 valence electrons. The van der Waals surface area contributed by atoms with Crippen LogP contribution in [0, 0.1) is 5.92 Å². The maximum Gasteiger partial charge on any atom is 0.191 e. The van der Waals surface area contributed by atoms with Gasteiger partial charge in [-0.15, -0.1) is 0 Å². The molecule has 0 saturated carbocycles. The van der Waals surface area contributed by atoms with Crippen LogP contribution in [0.5, 0.6) is 0 Å². The second-order valence-corrected chi connectivity index (χ2v) is 6.17.